The first kappa shape index (κ1) is 25.8. The summed E-state index contributed by atoms with van der Waals surface area (Å²) in [6, 6.07) is 2.90. The number of hydrogen-bond acceptors (Lipinski definition) is 7. The predicted molar refractivity (Wildman–Crippen MR) is 131 cm³/mol. The number of isocyanates is 1. The van der Waals surface area contributed by atoms with E-state index in [4.69, 9.17) is 9.73 Å². The third-order valence-electron chi connectivity index (χ3n) is 5.94. The first-order valence-electron chi connectivity index (χ1n) is 10.8. The fourth-order valence-electron chi connectivity index (χ4n) is 3.96. The largest absolute Gasteiger partial charge is 0.444 e. The number of alkyl carbamates (subject to hydrolysis) is 1. The molecule has 0 unspecified atom stereocenters. The number of ether oxygens (including phenoxy) is 1. The predicted octanol–water partition coefficient (Wildman–Crippen LogP) is 5.52. The number of amidine groups is 1. The number of carbonyl (C=O) groups is 1. The molecular formula is C23H30BrFN4O3S. The molecule has 1 aliphatic heterocycles. The van der Waals surface area contributed by atoms with Crippen LogP contribution in [0.4, 0.5) is 9.18 Å². The van der Waals surface area contributed by atoms with Gasteiger partial charge in [0.05, 0.1) is 11.3 Å². The molecule has 2 heterocycles. The Hall–Kier alpha value is -1.77. The number of thioether (sulfide) groups is 1. The van der Waals surface area contributed by atoms with Gasteiger partial charge in [-0.2, -0.15) is 0 Å². The molecule has 7 nitrogen and oxygen atoms in total. The number of nitrogens with one attached hydrogen (secondary N) is 1. The van der Waals surface area contributed by atoms with Crippen LogP contribution in [0.5, 0.6) is 0 Å². The van der Waals surface area contributed by atoms with E-state index in [-0.39, 0.29) is 16.4 Å². The third-order valence-corrected chi connectivity index (χ3v) is 8.08. The molecule has 180 valence electrons. The lowest BCUT2D eigenvalue weighted by molar-refractivity contribution is 0.0560. The maximum absolute atomic E-state index is 15.1. The molecule has 1 amide bonds. The smallest absolute Gasteiger partial charge is 0.413 e. The molecule has 2 atom stereocenters. The minimum absolute atomic E-state index is 0.124. The minimum atomic E-state index is -1.07. The fraction of sp³-hybridized carbons (Fsp3) is 0.652. The van der Waals surface area contributed by atoms with E-state index in [1.807, 2.05) is 20.8 Å². The standard InChI is InChI=1S/C23H30BrFN4O3S/c1-20(2,3)32-19(31)28-18-21(4,5)33-15(11-23(9-10-23)12-26-13-30)22(6,29-18)17-14(25)7-8-16(24)27-17/h7-8,15H,9-12H2,1-6H3,(H,28,29,31)/t15-,22+/m1/s1. The Morgan fingerprint density at radius 1 is 1.36 bits per heavy atom. The summed E-state index contributed by atoms with van der Waals surface area (Å²) in [6.45, 7) is 11.5. The molecule has 0 bridgehead atoms. The van der Waals surface area contributed by atoms with Gasteiger partial charge in [-0.05, 0) is 94.3 Å². The van der Waals surface area contributed by atoms with E-state index in [9.17, 15) is 9.59 Å². The summed E-state index contributed by atoms with van der Waals surface area (Å²) in [5, 5.41) is 2.63. The number of aromatic nitrogens is 1. The summed E-state index contributed by atoms with van der Waals surface area (Å²) >= 11 is 4.96. The van der Waals surface area contributed by atoms with Crippen molar-refractivity contribution in [2.75, 3.05) is 6.54 Å². The lowest BCUT2D eigenvalue weighted by Gasteiger charge is -2.45. The quantitative estimate of drug-likeness (QED) is 0.301. The molecular weight excluding hydrogens is 511 g/mol. The number of hydrogen-bond donors (Lipinski definition) is 1. The van der Waals surface area contributed by atoms with Gasteiger partial charge < -0.3 is 4.74 Å². The number of halogens is 2. The molecule has 0 aromatic carbocycles. The van der Waals surface area contributed by atoms with Gasteiger partial charge in [-0.1, -0.05) is 0 Å². The van der Waals surface area contributed by atoms with Crippen LogP contribution in [0.15, 0.2) is 26.7 Å². The molecule has 10 heteroatoms. The first-order chi connectivity index (χ1) is 15.2. The molecule has 3 rings (SSSR count). The van der Waals surface area contributed by atoms with Crippen molar-refractivity contribution in [1.29, 1.82) is 0 Å². The number of amides is 1. The number of nitrogens with zero attached hydrogens (tertiary/aromatic N) is 3. The van der Waals surface area contributed by atoms with Crippen molar-refractivity contribution in [3.8, 4) is 0 Å². The Kier molecular flexibility index (Phi) is 7.14. The Morgan fingerprint density at radius 3 is 2.61 bits per heavy atom. The second-order valence-corrected chi connectivity index (χ2v) is 13.1. The molecule has 1 aliphatic carbocycles. The Balaban J connectivity index is 2.05. The van der Waals surface area contributed by atoms with Crippen molar-refractivity contribution in [3.05, 3.63) is 28.2 Å². The van der Waals surface area contributed by atoms with Crippen molar-refractivity contribution in [2.45, 2.75) is 81.9 Å². The number of carbonyl (C=O) groups excluding carboxylic acids is 2. The fourth-order valence-corrected chi connectivity index (χ4v) is 6.02. The highest BCUT2D eigenvalue weighted by Crippen LogP contribution is 2.57. The maximum atomic E-state index is 15.1. The molecule has 0 saturated heterocycles. The molecule has 0 radical (unpaired) electrons. The average molecular weight is 541 g/mol. The summed E-state index contributed by atoms with van der Waals surface area (Å²) in [5.74, 6) is -0.0698. The summed E-state index contributed by atoms with van der Waals surface area (Å²) in [5.41, 5.74) is -1.67. The molecule has 1 aromatic heterocycles. The van der Waals surface area contributed by atoms with E-state index in [0.717, 1.165) is 12.8 Å². The third kappa shape index (κ3) is 6.03. The van der Waals surface area contributed by atoms with Gasteiger partial charge in [0.2, 0.25) is 6.08 Å². The van der Waals surface area contributed by atoms with Gasteiger partial charge in [-0.25, -0.2) is 24.0 Å². The zero-order chi connectivity index (χ0) is 24.7. The molecule has 0 spiro atoms. The van der Waals surface area contributed by atoms with E-state index in [1.165, 1.54) is 6.07 Å². The first-order valence-corrected chi connectivity index (χ1v) is 12.5. The van der Waals surface area contributed by atoms with Crippen LogP contribution in [-0.2, 0) is 15.1 Å². The van der Waals surface area contributed by atoms with Crippen molar-refractivity contribution in [2.24, 2.45) is 15.4 Å². The van der Waals surface area contributed by atoms with Crippen molar-refractivity contribution in [1.82, 2.24) is 10.3 Å². The van der Waals surface area contributed by atoms with E-state index >= 15 is 4.39 Å². The maximum Gasteiger partial charge on any atom is 0.413 e. The molecule has 1 saturated carbocycles. The zero-order valence-electron chi connectivity index (χ0n) is 19.8. The van der Waals surface area contributed by atoms with Crippen LogP contribution in [0.1, 0.15) is 66.5 Å². The van der Waals surface area contributed by atoms with Crippen LogP contribution in [0.25, 0.3) is 0 Å². The van der Waals surface area contributed by atoms with Gasteiger partial charge in [0.25, 0.3) is 0 Å². The van der Waals surface area contributed by atoms with Gasteiger partial charge >= 0.3 is 6.09 Å². The molecule has 1 N–H and O–H groups in total. The van der Waals surface area contributed by atoms with Crippen LogP contribution in [0.2, 0.25) is 0 Å². The van der Waals surface area contributed by atoms with E-state index < -0.39 is 27.8 Å². The Labute approximate surface area is 206 Å². The highest BCUT2D eigenvalue weighted by molar-refractivity contribution is 9.10. The van der Waals surface area contributed by atoms with Crippen LogP contribution >= 0.6 is 27.7 Å². The number of aliphatic imine (C=N–C) groups is 2. The Morgan fingerprint density at radius 2 is 2.03 bits per heavy atom. The molecule has 33 heavy (non-hydrogen) atoms. The summed E-state index contributed by atoms with van der Waals surface area (Å²) < 4.78 is 20.4. The Bertz CT molecular complexity index is 1020. The highest BCUT2D eigenvalue weighted by atomic mass is 79.9. The summed E-state index contributed by atoms with van der Waals surface area (Å²) in [4.78, 5) is 36.5. The normalized spacial score (nSPS) is 25.5. The van der Waals surface area contributed by atoms with Gasteiger partial charge in [-0.15, -0.1) is 11.8 Å². The van der Waals surface area contributed by atoms with Crippen LogP contribution in [0, 0.1) is 11.2 Å². The highest BCUT2D eigenvalue weighted by Gasteiger charge is 2.54. The summed E-state index contributed by atoms with van der Waals surface area (Å²) in [6.07, 6.45) is 3.58. The average Bonchev–Trinajstić information content (AvgIpc) is 3.44. The lowest BCUT2D eigenvalue weighted by atomic mass is 9.85. The monoisotopic (exact) mass is 540 g/mol. The van der Waals surface area contributed by atoms with Gasteiger partial charge in [-0.3, -0.25) is 10.3 Å². The van der Waals surface area contributed by atoms with Crippen molar-refractivity contribution >= 4 is 45.7 Å². The SMILES string of the molecule is CC(C)(C)OC(=O)NC1=N[C@](C)(c2nc(Br)ccc2F)[C@@H](CC2(CN=C=O)CC2)SC1(C)C. The van der Waals surface area contributed by atoms with E-state index in [1.54, 1.807) is 44.7 Å². The van der Waals surface area contributed by atoms with Gasteiger partial charge in [0.1, 0.15) is 33.1 Å². The van der Waals surface area contributed by atoms with Gasteiger partial charge in [0, 0.05) is 5.25 Å². The van der Waals surface area contributed by atoms with Crippen LogP contribution < -0.4 is 5.32 Å². The van der Waals surface area contributed by atoms with Gasteiger partial charge in [0.15, 0.2) is 0 Å². The molecule has 1 aromatic rings. The molecule has 1 fully saturated rings. The van der Waals surface area contributed by atoms with Crippen molar-refractivity contribution in [3.63, 3.8) is 0 Å². The lowest BCUT2D eigenvalue weighted by Crippen LogP contribution is -2.53. The number of pyridine rings is 1. The second-order valence-electron chi connectivity index (χ2n) is 10.4. The molecule has 2 aliphatic rings. The minimum Gasteiger partial charge on any atom is -0.444 e. The van der Waals surface area contributed by atoms with E-state index in [2.05, 4.69) is 31.2 Å². The topological polar surface area (TPSA) is 93.0 Å². The summed E-state index contributed by atoms with van der Waals surface area (Å²) in [7, 11) is 0. The number of rotatable bonds is 5. The van der Waals surface area contributed by atoms with Crippen LogP contribution in [-0.4, -0.2) is 45.1 Å². The second kappa shape index (κ2) is 9.12. The van der Waals surface area contributed by atoms with Crippen molar-refractivity contribution < 1.29 is 18.7 Å². The zero-order valence-corrected chi connectivity index (χ0v) is 22.2. The van der Waals surface area contributed by atoms with E-state index in [0.29, 0.717) is 23.4 Å². The van der Waals surface area contributed by atoms with Crippen LogP contribution in [0.3, 0.4) is 0 Å².